The molecule has 0 saturated carbocycles. The average Bonchev–Trinajstić information content (AvgIpc) is 2.69. The Balaban J connectivity index is 2.09. The largest absolute Gasteiger partial charge is 0.490 e. The van der Waals surface area contributed by atoms with Crippen molar-refractivity contribution in [3.63, 3.8) is 0 Å². The van der Waals surface area contributed by atoms with Crippen molar-refractivity contribution < 1.29 is 24.2 Å². The highest BCUT2D eigenvalue weighted by atomic mass is 16.5. The molecule has 2 rings (SSSR count). The number of anilines is 1. The predicted octanol–water partition coefficient (Wildman–Crippen LogP) is 3.09. The highest BCUT2D eigenvalue weighted by Crippen LogP contribution is 2.29. The van der Waals surface area contributed by atoms with Crippen LogP contribution in [0.25, 0.3) is 0 Å². The number of benzene rings is 2. The molecule has 0 spiro atoms. The molecular weight excluding hydrogens is 374 g/mol. The fourth-order valence-electron chi connectivity index (χ4n) is 2.44. The van der Waals surface area contributed by atoms with Gasteiger partial charge in [0.2, 0.25) is 0 Å². The van der Waals surface area contributed by atoms with E-state index in [0.717, 1.165) is 5.56 Å². The maximum Gasteiger partial charge on any atom is 0.335 e. The summed E-state index contributed by atoms with van der Waals surface area (Å²) in [6.45, 7) is 4.00. The fourth-order valence-corrected chi connectivity index (χ4v) is 2.44. The summed E-state index contributed by atoms with van der Waals surface area (Å²) in [5.74, 6) is -0.131. The van der Waals surface area contributed by atoms with E-state index in [1.165, 1.54) is 17.0 Å². The number of amides is 1. The van der Waals surface area contributed by atoms with Gasteiger partial charge in [0.15, 0.2) is 17.6 Å². The van der Waals surface area contributed by atoms with Gasteiger partial charge in [0, 0.05) is 14.1 Å². The van der Waals surface area contributed by atoms with Crippen molar-refractivity contribution in [1.82, 2.24) is 4.90 Å². The number of carbonyl (C=O) groups is 2. The first kappa shape index (κ1) is 21.7. The number of nitrogens with one attached hydrogen (secondary N) is 1. The molecule has 0 bridgehead atoms. The molecule has 0 radical (unpaired) electrons. The summed E-state index contributed by atoms with van der Waals surface area (Å²) in [5, 5.41) is 13.1. The molecule has 8 heteroatoms. The van der Waals surface area contributed by atoms with Crippen LogP contribution in [0.2, 0.25) is 0 Å². The summed E-state index contributed by atoms with van der Waals surface area (Å²) in [6, 6.07) is 11.5. The van der Waals surface area contributed by atoms with E-state index in [2.05, 4.69) is 10.5 Å². The summed E-state index contributed by atoms with van der Waals surface area (Å²) < 4.78 is 11.4. The minimum atomic E-state index is -0.979. The van der Waals surface area contributed by atoms with Crippen LogP contribution in [0.3, 0.4) is 0 Å². The Kier molecular flexibility index (Phi) is 7.59. The molecule has 0 aromatic heterocycles. The second kappa shape index (κ2) is 10.1. The minimum absolute atomic E-state index is 0.142. The van der Waals surface area contributed by atoms with Gasteiger partial charge in [0.1, 0.15) is 0 Å². The van der Waals surface area contributed by atoms with Crippen LogP contribution in [0.4, 0.5) is 5.69 Å². The topological polar surface area (TPSA) is 100 Å². The number of hydrogen-bond donors (Lipinski definition) is 2. The summed E-state index contributed by atoms with van der Waals surface area (Å²) >= 11 is 0. The number of hydrogen-bond acceptors (Lipinski definition) is 6. The molecule has 0 unspecified atom stereocenters. The van der Waals surface area contributed by atoms with Crippen LogP contribution in [0, 0.1) is 0 Å². The number of carboxylic acids is 1. The van der Waals surface area contributed by atoms with Crippen LogP contribution >= 0.6 is 0 Å². The number of carbonyl (C=O) groups excluding carboxylic acids is 1. The van der Waals surface area contributed by atoms with Gasteiger partial charge in [-0.1, -0.05) is 0 Å². The van der Waals surface area contributed by atoms with Crippen molar-refractivity contribution in [2.45, 2.75) is 20.0 Å². The van der Waals surface area contributed by atoms with Crippen molar-refractivity contribution in [3.05, 3.63) is 53.6 Å². The summed E-state index contributed by atoms with van der Waals surface area (Å²) in [7, 11) is 3.35. The van der Waals surface area contributed by atoms with Crippen LogP contribution in [0.5, 0.6) is 11.5 Å². The maximum atomic E-state index is 12.0. The SMILES string of the molecule is CCOc1cc(/C=N\Nc2ccc(C(=O)O)cc2)ccc1O[C@H](C)C(=O)N(C)C. The minimum Gasteiger partial charge on any atom is -0.490 e. The van der Waals surface area contributed by atoms with Gasteiger partial charge in [0.25, 0.3) is 5.91 Å². The molecule has 2 aromatic rings. The highest BCUT2D eigenvalue weighted by molar-refractivity contribution is 5.88. The van der Waals surface area contributed by atoms with Crippen LogP contribution in [0.1, 0.15) is 29.8 Å². The molecule has 2 N–H and O–H groups in total. The predicted molar refractivity (Wildman–Crippen MR) is 111 cm³/mol. The molecule has 0 fully saturated rings. The molecule has 0 aliphatic rings. The number of hydrazone groups is 1. The quantitative estimate of drug-likeness (QED) is 0.496. The number of rotatable bonds is 9. The highest BCUT2D eigenvalue weighted by Gasteiger charge is 2.18. The van der Waals surface area contributed by atoms with Gasteiger partial charge in [-0.3, -0.25) is 10.2 Å². The molecule has 1 amide bonds. The normalized spacial score (nSPS) is 11.7. The van der Waals surface area contributed by atoms with Gasteiger partial charge in [0.05, 0.1) is 24.1 Å². The van der Waals surface area contributed by atoms with Gasteiger partial charge >= 0.3 is 5.97 Å². The summed E-state index contributed by atoms with van der Waals surface area (Å²) in [5.41, 5.74) is 4.47. The standard InChI is InChI=1S/C21H25N3O5/c1-5-28-19-12-15(6-11-18(19)29-14(2)20(25)24(3)4)13-22-23-17-9-7-16(8-10-17)21(26)27/h6-14,23H,5H2,1-4H3,(H,26,27)/b22-13-/t14-/m1/s1. The van der Waals surface area contributed by atoms with Gasteiger partial charge in [-0.25, -0.2) is 4.79 Å². The van der Waals surface area contributed by atoms with Gasteiger partial charge < -0.3 is 19.5 Å². The third-order valence-corrected chi connectivity index (χ3v) is 3.90. The number of likely N-dealkylation sites (N-methyl/N-ethyl adjacent to an activating group) is 1. The van der Waals surface area contributed by atoms with Crippen LogP contribution in [0.15, 0.2) is 47.6 Å². The molecule has 0 heterocycles. The van der Waals surface area contributed by atoms with E-state index in [1.807, 2.05) is 6.92 Å². The van der Waals surface area contributed by atoms with Crippen molar-refractivity contribution in [2.75, 3.05) is 26.1 Å². The first-order valence-electron chi connectivity index (χ1n) is 9.09. The van der Waals surface area contributed by atoms with Crippen LogP contribution in [-0.4, -0.2) is 54.9 Å². The maximum absolute atomic E-state index is 12.0. The van der Waals surface area contributed by atoms with E-state index in [4.69, 9.17) is 14.6 Å². The first-order chi connectivity index (χ1) is 13.8. The number of ether oxygens (including phenoxy) is 2. The Morgan fingerprint density at radius 1 is 1.17 bits per heavy atom. The number of aromatic carboxylic acids is 1. The van der Waals surface area contributed by atoms with E-state index in [0.29, 0.717) is 23.8 Å². The number of carboxylic acid groups (broad SMARTS) is 1. The monoisotopic (exact) mass is 399 g/mol. The van der Waals surface area contributed by atoms with E-state index in [-0.39, 0.29) is 11.5 Å². The molecule has 1 atom stereocenters. The second-order valence-electron chi connectivity index (χ2n) is 6.38. The molecule has 154 valence electrons. The van der Waals surface area contributed by atoms with Gasteiger partial charge in [-0.2, -0.15) is 5.10 Å². The Labute approximate surface area is 169 Å². The zero-order chi connectivity index (χ0) is 21.4. The summed E-state index contributed by atoms with van der Waals surface area (Å²) in [4.78, 5) is 24.4. The van der Waals surface area contributed by atoms with E-state index >= 15 is 0 Å². The lowest BCUT2D eigenvalue weighted by Gasteiger charge is -2.20. The lowest BCUT2D eigenvalue weighted by atomic mass is 10.2. The van der Waals surface area contributed by atoms with Gasteiger partial charge in [-0.15, -0.1) is 0 Å². The fraction of sp³-hybridized carbons (Fsp3) is 0.286. The van der Waals surface area contributed by atoms with Crippen molar-refractivity contribution in [3.8, 4) is 11.5 Å². The van der Waals surface area contributed by atoms with Crippen molar-refractivity contribution >= 4 is 23.8 Å². The average molecular weight is 399 g/mol. The lowest BCUT2D eigenvalue weighted by Crippen LogP contribution is -2.35. The van der Waals surface area contributed by atoms with Crippen LogP contribution in [-0.2, 0) is 4.79 Å². The van der Waals surface area contributed by atoms with E-state index in [1.54, 1.807) is 57.6 Å². The first-order valence-corrected chi connectivity index (χ1v) is 9.09. The Bertz CT molecular complexity index is 878. The third kappa shape index (κ3) is 6.24. The molecule has 0 saturated heterocycles. The molecule has 2 aromatic carbocycles. The van der Waals surface area contributed by atoms with Crippen molar-refractivity contribution in [1.29, 1.82) is 0 Å². The third-order valence-electron chi connectivity index (χ3n) is 3.90. The van der Waals surface area contributed by atoms with Gasteiger partial charge in [-0.05, 0) is 61.9 Å². The van der Waals surface area contributed by atoms with E-state index in [9.17, 15) is 9.59 Å². The Morgan fingerprint density at radius 2 is 1.86 bits per heavy atom. The second-order valence-corrected chi connectivity index (χ2v) is 6.38. The molecule has 0 aliphatic carbocycles. The van der Waals surface area contributed by atoms with Crippen molar-refractivity contribution in [2.24, 2.45) is 5.10 Å². The molecule has 0 aliphatic heterocycles. The van der Waals surface area contributed by atoms with Crippen LogP contribution < -0.4 is 14.9 Å². The molecule has 29 heavy (non-hydrogen) atoms. The Morgan fingerprint density at radius 3 is 2.45 bits per heavy atom. The Hall–Kier alpha value is -3.55. The molecule has 8 nitrogen and oxygen atoms in total. The zero-order valence-electron chi connectivity index (χ0n) is 16.9. The lowest BCUT2D eigenvalue weighted by molar-refractivity contribution is -0.135. The summed E-state index contributed by atoms with van der Waals surface area (Å²) in [6.07, 6.45) is 0.963. The smallest absolute Gasteiger partial charge is 0.335 e. The zero-order valence-corrected chi connectivity index (χ0v) is 16.9. The molecular formula is C21H25N3O5. The van der Waals surface area contributed by atoms with E-state index < -0.39 is 12.1 Å². The number of nitrogens with zero attached hydrogens (tertiary/aromatic N) is 2.